The molecule has 0 aliphatic carbocycles. The molecule has 0 amide bonds. The standard InChI is InChI=1S/C15H16N2O6/c1-8-5-11(23-17-8)13-10(7-20-2)16-6-9(14(18)21-3)12(13)15(19)22-4/h5-6H,7H2,1-4H3. The highest BCUT2D eigenvalue weighted by Crippen LogP contribution is 2.31. The highest BCUT2D eigenvalue weighted by molar-refractivity contribution is 6.07. The van der Waals surface area contributed by atoms with Gasteiger partial charge in [-0.05, 0) is 6.92 Å². The number of carbonyl (C=O) groups excluding carboxylic acids is 2. The zero-order valence-electron chi connectivity index (χ0n) is 13.2. The number of ether oxygens (including phenoxy) is 3. The Balaban J connectivity index is 2.80. The Morgan fingerprint density at radius 2 is 1.87 bits per heavy atom. The highest BCUT2D eigenvalue weighted by Gasteiger charge is 2.28. The summed E-state index contributed by atoms with van der Waals surface area (Å²) >= 11 is 0. The van der Waals surface area contributed by atoms with Gasteiger partial charge >= 0.3 is 11.9 Å². The smallest absolute Gasteiger partial charge is 0.340 e. The summed E-state index contributed by atoms with van der Waals surface area (Å²) in [4.78, 5) is 28.4. The summed E-state index contributed by atoms with van der Waals surface area (Å²) in [5.41, 5.74) is 1.29. The molecule has 0 saturated heterocycles. The minimum absolute atomic E-state index is 0.00227. The normalized spacial score (nSPS) is 10.4. The van der Waals surface area contributed by atoms with Gasteiger partial charge in [0.25, 0.3) is 0 Å². The van der Waals surface area contributed by atoms with Crippen LogP contribution in [0.3, 0.4) is 0 Å². The van der Waals surface area contributed by atoms with Gasteiger partial charge in [-0.2, -0.15) is 0 Å². The van der Waals surface area contributed by atoms with Gasteiger partial charge in [0.15, 0.2) is 5.76 Å². The maximum absolute atomic E-state index is 12.3. The quantitative estimate of drug-likeness (QED) is 0.768. The zero-order chi connectivity index (χ0) is 17.0. The molecule has 0 bridgehead atoms. The van der Waals surface area contributed by atoms with Crippen molar-refractivity contribution in [2.75, 3.05) is 21.3 Å². The maximum atomic E-state index is 12.3. The first-order valence-corrected chi connectivity index (χ1v) is 6.64. The van der Waals surface area contributed by atoms with Crippen LogP contribution >= 0.6 is 0 Å². The first kappa shape index (κ1) is 16.6. The zero-order valence-corrected chi connectivity index (χ0v) is 13.2. The molecule has 0 aliphatic heterocycles. The fraction of sp³-hybridized carbons (Fsp3) is 0.333. The van der Waals surface area contributed by atoms with Gasteiger partial charge in [0.05, 0.1) is 48.9 Å². The Bertz CT molecular complexity index is 738. The minimum Gasteiger partial charge on any atom is -0.465 e. The number of rotatable bonds is 5. The van der Waals surface area contributed by atoms with Gasteiger partial charge in [0.1, 0.15) is 0 Å². The lowest BCUT2D eigenvalue weighted by Crippen LogP contribution is -2.16. The van der Waals surface area contributed by atoms with Crippen molar-refractivity contribution in [3.05, 3.63) is 34.8 Å². The lowest BCUT2D eigenvalue weighted by atomic mass is 9.98. The van der Waals surface area contributed by atoms with Gasteiger partial charge in [-0.25, -0.2) is 9.59 Å². The summed E-state index contributed by atoms with van der Waals surface area (Å²) in [6, 6.07) is 1.63. The summed E-state index contributed by atoms with van der Waals surface area (Å²) in [5.74, 6) is -1.14. The van der Waals surface area contributed by atoms with Gasteiger partial charge in [0, 0.05) is 19.4 Å². The van der Waals surface area contributed by atoms with Crippen LogP contribution in [0.4, 0.5) is 0 Å². The summed E-state index contributed by atoms with van der Waals surface area (Å²) in [6.07, 6.45) is 1.25. The summed E-state index contributed by atoms with van der Waals surface area (Å²) < 4.78 is 19.8. The number of aryl methyl sites for hydroxylation is 1. The van der Waals surface area contributed by atoms with E-state index in [0.29, 0.717) is 17.0 Å². The molecule has 0 radical (unpaired) electrons. The molecule has 0 saturated carbocycles. The number of carbonyl (C=O) groups is 2. The third-order valence-electron chi connectivity index (χ3n) is 3.11. The molecule has 122 valence electrons. The fourth-order valence-corrected chi connectivity index (χ4v) is 2.12. The van der Waals surface area contributed by atoms with Crippen LogP contribution < -0.4 is 0 Å². The second-order valence-electron chi connectivity index (χ2n) is 4.62. The van der Waals surface area contributed by atoms with Crippen LogP contribution in [0.15, 0.2) is 16.8 Å². The molecule has 2 rings (SSSR count). The van der Waals surface area contributed by atoms with E-state index in [9.17, 15) is 9.59 Å². The van der Waals surface area contributed by atoms with Crippen molar-refractivity contribution in [2.45, 2.75) is 13.5 Å². The first-order chi connectivity index (χ1) is 11.0. The lowest BCUT2D eigenvalue weighted by Gasteiger charge is -2.13. The molecular weight excluding hydrogens is 304 g/mol. The number of pyridine rings is 1. The molecule has 0 fully saturated rings. The monoisotopic (exact) mass is 320 g/mol. The van der Waals surface area contributed by atoms with Gasteiger partial charge in [0.2, 0.25) is 0 Å². The van der Waals surface area contributed by atoms with E-state index in [1.807, 2.05) is 0 Å². The van der Waals surface area contributed by atoms with Crippen molar-refractivity contribution >= 4 is 11.9 Å². The molecule has 8 nitrogen and oxygen atoms in total. The SMILES string of the molecule is COCc1ncc(C(=O)OC)c(C(=O)OC)c1-c1cc(C)no1. The van der Waals surface area contributed by atoms with E-state index < -0.39 is 11.9 Å². The molecule has 2 aromatic rings. The van der Waals surface area contributed by atoms with Gasteiger partial charge in [-0.15, -0.1) is 0 Å². The third-order valence-corrected chi connectivity index (χ3v) is 3.11. The first-order valence-electron chi connectivity index (χ1n) is 6.64. The van der Waals surface area contributed by atoms with Gasteiger partial charge in [-0.1, -0.05) is 5.16 Å². The van der Waals surface area contributed by atoms with E-state index in [1.165, 1.54) is 27.5 Å². The Morgan fingerprint density at radius 1 is 1.17 bits per heavy atom. The molecule has 0 atom stereocenters. The van der Waals surface area contributed by atoms with E-state index in [0.717, 1.165) is 0 Å². The van der Waals surface area contributed by atoms with E-state index in [2.05, 4.69) is 10.1 Å². The van der Waals surface area contributed by atoms with Crippen molar-refractivity contribution in [2.24, 2.45) is 0 Å². The fourth-order valence-electron chi connectivity index (χ4n) is 2.12. The third kappa shape index (κ3) is 3.21. The Morgan fingerprint density at radius 3 is 2.39 bits per heavy atom. The average molecular weight is 320 g/mol. The van der Waals surface area contributed by atoms with E-state index in [4.69, 9.17) is 18.7 Å². The molecule has 2 heterocycles. The van der Waals surface area contributed by atoms with Crippen molar-refractivity contribution in [1.82, 2.24) is 10.1 Å². The molecule has 0 spiro atoms. The molecule has 0 unspecified atom stereocenters. The topological polar surface area (TPSA) is 101 Å². The number of aromatic nitrogens is 2. The maximum Gasteiger partial charge on any atom is 0.340 e. The molecular formula is C15H16N2O6. The molecule has 2 aromatic heterocycles. The van der Waals surface area contributed by atoms with Crippen LogP contribution in [0.2, 0.25) is 0 Å². The lowest BCUT2D eigenvalue weighted by molar-refractivity contribution is 0.0554. The second kappa shape index (κ2) is 7.01. The Kier molecular flexibility index (Phi) is 5.07. The van der Waals surface area contributed by atoms with E-state index >= 15 is 0 Å². The van der Waals surface area contributed by atoms with Crippen LogP contribution in [0.5, 0.6) is 0 Å². The predicted octanol–water partition coefficient (Wildman–Crippen LogP) is 1.76. The highest BCUT2D eigenvalue weighted by atomic mass is 16.5. The molecule has 0 aromatic carbocycles. The van der Waals surface area contributed by atoms with Crippen LogP contribution in [-0.2, 0) is 20.8 Å². The van der Waals surface area contributed by atoms with Crippen LogP contribution in [-0.4, -0.2) is 43.4 Å². The van der Waals surface area contributed by atoms with Crippen molar-refractivity contribution in [1.29, 1.82) is 0 Å². The number of nitrogens with zero attached hydrogens (tertiary/aromatic N) is 2. The summed E-state index contributed by atoms with van der Waals surface area (Å²) in [7, 11) is 3.92. The van der Waals surface area contributed by atoms with Crippen molar-refractivity contribution in [3.63, 3.8) is 0 Å². The molecule has 8 heteroatoms. The predicted molar refractivity (Wildman–Crippen MR) is 77.9 cm³/mol. The Hall–Kier alpha value is -2.74. The van der Waals surface area contributed by atoms with Gasteiger partial charge in [-0.3, -0.25) is 4.98 Å². The largest absolute Gasteiger partial charge is 0.465 e. The molecule has 23 heavy (non-hydrogen) atoms. The molecule has 0 aliphatic rings. The number of hydrogen-bond donors (Lipinski definition) is 0. The number of esters is 2. The van der Waals surface area contributed by atoms with Crippen molar-refractivity contribution in [3.8, 4) is 11.3 Å². The van der Waals surface area contributed by atoms with Crippen LogP contribution in [0, 0.1) is 6.92 Å². The van der Waals surface area contributed by atoms with Gasteiger partial charge < -0.3 is 18.7 Å². The average Bonchev–Trinajstić information content (AvgIpc) is 2.99. The van der Waals surface area contributed by atoms with Crippen LogP contribution in [0.1, 0.15) is 32.1 Å². The van der Waals surface area contributed by atoms with Crippen molar-refractivity contribution < 1.29 is 28.3 Å². The minimum atomic E-state index is -0.714. The summed E-state index contributed by atoms with van der Waals surface area (Å²) in [5, 5.41) is 3.80. The van der Waals surface area contributed by atoms with E-state index in [-0.39, 0.29) is 23.5 Å². The second-order valence-corrected chi connectivity index (χ2v) is 4.62. The van der Waals surface area contributed by atoms with Crippen LogP contribution in [0.25, 0.3) is 11.3 Å². The number of hydrogen-bond acceptors (Lipinski definition) is 8. The summed E-state index contributed by atoms with van der Waals surface area (Å²) in [6.45, 7) is 1.85. The molecule has 0 N–H and O–H groups in total. The number of methoxy groups -OCH3 is 3. The van der Waals surface area contributed by atoms with E-state index in [1.54, 1.807) is 13.0 Å². The Labute approximate surface area is 132 Å².